The van der Waals surface area contributed by atoms with Crippen LogP contribution in [0, 0.1) is 0 Å². The second kappa shape index (κ2) is 6.95. The molecule has 1 aromatic carbocycles. The van der Waals surface area contributed by atoms with Gasteiger partial charge in [-0.3, -0.25) is 14.8 Å². The SMILES string of the molecule is CC(C)n1nccc1-c1nnc(NC(=O)COc2ccccc2)o1. The minimum Gasteiger partial charge on any atom is -0.484 e. The predicted octanol–water partition coefficient (Wildman–Crippen LogP) is 2.53. The number of carbonyl (C=O) groups is 1. The van der Waals surface area contributed by atoms with E-state index in [4.69, 9.17) is 9.15 Å². The van der Waals surface area contributed by atoms with Gasteiger partial charge < -0.3 is 9.15 Å². The maximum atomic E-state index is 11.9. The number of aromatic nitrogens is 4. The van der Waals surface area contributed by atoms with Crippen LogP contribution in [-0.2, 0) is 4.79 Å². The number of hydrogen-bond acceptors (Lipinski definition) is 6. The Hall–Kier alpha value is -3.16. The van der Waals surface area contributed by atoms with Crippen LogP contribution < -0.4 is 10.1 Å². The smallest absolute Gasteiger partial charge is 0.322 e. The van der Waals surface area contributed by atoms with Gasteiger partial charge >= 0.3 is 6.01 Å². The highest BCUT2D eigenvalue weighted by Crippen LogP contribution is 2.22. The van der Waals surface area contributed by atoms with Crippen molar-refractivity contribution in [3.63, 3.8) is 0 Å². The van der Waals surface area contributed by atoms with E-state index >= 15 is 0 Å². The molecule has 2 heterocycles. The predicted molar refractivity (Wildman–Crippen MR) is 86.5 cm³/mol. The van der Waals surface area contributed by atoms with E-state index in [1.807, 2.05) is 32.0 Å². The third-order valence-electron chi connectivity index (χ3n) is 3.16. The zero-order valence-electron chi connectivity index (χ0n) is 13.3. The van der Waals surface area contributed by atoms with E-state index in [1.54, 1.807) is 29.1 Å². The van der Waals surface area contributed by atoms with Gasteiger partial charge in [0.25, 0.3) is 11.8 Å². The number of benzene rings is 1. The van der Waals surface area contributed by atoms with Gasteiger partial charge in [-0.2, -0.15) is 5.10 Å². The van der Waals surface area contributed by atoms with Crippen LogP contribution in [0.15, 0.2) is 47.0 Å². The highest BCUT2D eigenvalue weighted by Gasteiger charge is 2.16. The Morgan fingerprint density at radius 1 is 1.25 bits per heavy atom. The van der Waals surface area contributed by atoms with E-state index < -0.39 is 0 Å². The molecule has 1 N–H and O–H groups in total. The molecular formula is C16H17N5O3. The summed E-state index contributed by atoms with van der Waals surface area (Å²) in [6.45, 7) is 3.85. The Balaban J connectivity index is 1.61. The molecule has 0 aliphatic heterocycles. The lowest BCUT2D eigenvalue weighted by Crippen LogP contribution is -2.20. The molecule has 0 saturated heterocycles. The van der Waals surface area contributed by atoms with Crippen molar-refractivity contribution in [2.75, 3.05) is 11.9 Å². The molecule has 0 saturated carbocycles. The molecule has 8 heteroatoms. The van der Waals surface area contributed by atoms with E-state index in [9.17, 15) is 4.79 Å². The molecule has 124 valence electrons. The van der Waals surface area contributed by atoms with Gasteiger partial charge in [0.15, 0.2) is 6.61 Å². The van der Waals surface area contributed by atoms with Crippen molar-refractivity contribution in [1.29, 1.82) is 0 Å². The van der Waals surface area contributed by atoms with Gasteiger partial charge in [-0.1, -0.05) is 23.3 Å². The largest absolute Gasteiger partial charge is 0.484 e. The number of nitrogens with zero attached hydrogens (tertiary/aromatic N) is 4. The zero-order valence-corrected chi connectivity index (χ0v) is 13.3. The van der Waals surface area contributed by atoms with Crippen molar-refractivity contribution in [3.8, 4) is 17.3 Å². The quantitative estimate of drug-likeness (QED) is 0.747. The molecule has 1 amide bonds. The number of nitrogens with one attached hydrogen (secondary N) is 1. The molecule has 0 aliphatic rings. The van der Waals surface area contributed by atoms with Gasteiger partial charge in [0.05, 0.1) is 0 Å². The molecule has 0 atom stereocenters. The Kier molecular flexibility index (Phi) is 4.55. The molecule has 0 radical (unpaired) electrons. The first kappa shape index (κ1) is 15.7. The first-order valence-corrected chi connectivity index (χ1v) is 7.48. The summed E-state index contributed by atoms with van der Waals surface area (Å²) in [5, 5.41) is 14.5. The fraction of sp³-hybridized carbons (Fsp3) is 0.250. The highest BCUT2D eigenvalue weighted by molar-refractivity contribution is 5.89. The summed E-state index contributed by atoms with van der Waals surface area (Å²) in [7, 11) is 0. The minimum absolute atomic E-state index is 0.0168. The van der Waals surface area contributed by atoms with E-state index in [0.29, 0.717) is 17.3 Å². The minimum atomic E-state index is -0.383. The van der Waals surface area contributed by atoms with Crippen LogP contribution in [0.4, 0.5) is 6.01 Å². The first-order valence-electron chi connectivity index (χ1n) is 7.48. The topological polar surface area (TPSA) is 95.1 Å². The number of para-hydroxylation sites is 1. The molecule has 0 fully saturated rings. The van der Waals surface area contributed by atoms with Gasteiger partial charge in [0.1, 0.15) is 11.4 Å². The molecular weight excluding hydrogens is 310 g/mol. The lowest BCUT2D eigenvalue weighted by atomic mass is 10.3. The molecule has 3 aromatic rings. The van der Waals surface area contributed by atoms with E-state index in [0.717, 1.165) is 0 Å². The number of anilines is 1. The normalized spacial score (nSPS) is 10.8. The van der Waals surface area contributed by atoms with Crippen LogP contribution in [-0.4, -0.2) is 32.5 Å². The standard InChI is InChI=1S/C16H17N5O3/c1-11(2)21-13(8-9-17-21)15-19-20-16(24-15)18-14(22)10-23-12-6-4-3-5-7-12/h3-9,11H,10H2,1-2H3,(H,18,20,22). The van der Waals surface area contributed by atoms with E-state index in [-0.39, 0.29) is 24.6 Å². The highest BCUT2D eigenvalue weighted by atomic mass is 16.5. The van der Waals surface area contributed by atoms with Crippen molar-refractivity contribution >= 4 is 11.9 Å². The van der Waals surface area contributed by atoms with Crippen molar-refractivity contribution in [2.24, 2.45) is 0 Å². The number of hydrogen-bond donors (Lipinski definition) is 1. The fourth-order valence-electron chi connectivity index (χ4n) is 2.09. The third kappa shape index (κ3) is 3.60. The summed E-state index contributed by atoms with van der Waals surface area (Å²) in [6, 6.07) is 11.0. The molecule has 8 nitrogen and oxygen atoms in total. The summed E-state index contributed by atoms with van der Waals surface area (Å²) in [5.74, 6) is 0.520. The Bertz CT molecular complexity index is 810. The number of carbonyl (C=O) groups excluding carboxylic acids is 1. The van der Waals surface area contributed by atoms with Crippen LogP contribution in [0.2, 0.25) is 0 Å². The zero-order chi connectivity index (χ0) is 16.9. The van der Waals surface area contributed by atoms with Crippen LogP contribution >= 0.6 is 0 Å². The summed E-state index contributed by atoms with van der Waals surface area (Å²) in [6.07, 6.45) is 1.66. The molecule has 0 bridgehead atoms. The average molecular weight is 327 g/mol. The molecule has 0 spiro atoms. The molecule has 0 unspecified atom stereocenters. The first-order chi connectivity index (χ1) is 11.6. The van der Waals surface area contributed by atoms with Crippen LogP contribution in [0.1, 0.15) is 19.9 Å². The Morgan fingerprint density at radius 3 is 2.79 bits per heavy atom. The number of rotatable bonds is 6. The van der Waals surface area contributed by atoms with Gasteiger partial charge in [-0.25, -0.2) is 0 Å². The van der Waals surface area contributed by atoms with Crippen molar-refractivity contribution < 1.29 is 13.9 Å². The third-order valence-corrected chi connectivity index (χ3v) is 3.16. The van der Waals surface area contributed by atoms with Crippen LogP contribution in [0.5, 0.6) is 5.75 Å². The van der Waals surface area contributed by atoms with Crippen molar-refractivity contribution in [2.45, 2.75) is 19.9 Å². The van der Waals surface area contributed by atoms with E-state index in [1.165, 1.54) is 0 Å². The second-order valence-electron chi connectivity index (χ2n) is 5.32. The lowest BCUT2D eigenvalue weighted by molar-refractivity contribution is -0.118. The van der Waals surface area contributed by atoms with Crippen molar-refractivity contribution in [1.82, 2.24) is 20.0 Å². The number of amides is 1. The molecule has 2 aromatic heterocycles. The fourth-order valence-corrected chi connectivity index (χ4v) is 2.09. The maximum absolute atomic E-state index is 11.9. The Labute approximate surface area is 138 Å². The number of ether oxygens (including phenoxy) is 1. The van der Waals surface area contributed by atoms with Crippen molar-refractivity contribution in [3.05, 3.63) is 42.6 Å². The molecule has 24 heavy (non-hydrogen) atoms. The lowest BCUT2D eigenvalue weighted by Gasteiger charge is -2.07. The van der Waals surface area contributed by atoms with Crippen LogP contribution in [0.3, 0.4) is 0 Å². The molecule has 3 rings (SSSR count). The average Bonchev–Trinajstić information content (AvgIpc) is 3.22. The summed E-state index contributed by atoms with van der Waals surface area (Å²) in [4.78, 5) is 11.9. The second-order valence-corrected chi connectivity index (χ2v) is 5.32. The Morgan fingerprint density at radius 2 is 2.04 bits per heavy atom. The maximum Gasteiger partial charge on any atom is 0.322 e. The summed E-state index contributed by atoms with van der Waals surface area (Å²) < 4.78 is 12.6. The molecule has 0 aliphatic carbocycles. The van der Waals surface area contributed by atoms with E-state index in [2.05, 4.69) is 20.6 Å². The van der Waals surface area contributed by atoms with Gasteiger partial charge in [-0.05, 0) is 32.0 Å². The van der Waals surface area contributed by atoms with Gasteiger partial charge in [-0.15, -0.1) is 5.10 Å². The summed E-state index contributed by atoms with van der Waals surface area (Å²) in [5.41, 5.74) is 0.693. The van der Waals surface area contributed by atoms with Gasteiger partial charge in [0.2, 0.25) is 0 Å². The monoisotopic (exact) mass is 327 g/mol. The summed E-state index contributed by atoms with van der Waals surface area (Å²) >= 11 is 0. The van der Waals surface area contributed by atoms with Crippen LogP contribution in [0.25, 0.3) is 11.6 Å². The van der Waals surface area contributed by atoms with Gasteiger partial charge in [0, 0.05) is 12.2 Å².